The second kappa shape index (κ2) is 3.45. The molecule has 3 nitrogen and oxygen atoms in total. The zero-order valence-electron chi connectivity index (χ0n) is 5.83. The van der Waals surface area contributed by atoms with Crippen LogP contribution in [0.1, 0.15) is 26.7 Å². The Morgan fingerprint density at radius 3 is 2.56 bits per heavy atom. The van der Waals surface area contributed by atoms with Crippen molar-refractivity contribution in [3.63, 3.8) is 0 Å². The van der Waals surface area contributed by atoms with Crippen molar-refractivity contribution in [2.75, 3.05) is 0 Å². The number of hydrogen-bond donors (Lipinski definition) is 2. The number of nitrogens with zero attached hydrogens (tertiary/aromatic N) is 1. The van der Waals surface area contributed by atoms with Crippen LogP contribution in [0.25, 0.3) is 0 Å². The Morgan fingerprint density at radius 2 is 2.22 bits per heavy atom. The van der Waals surface area contributed by atoms with E-state index in [9.17, 15) is 5.11 Å². The lowest BCUT2D eigenvalue weighted by Gasteiger charge is -2.17. The van der Waals surface area contributed by atoms with Crippen LogP contribution in [-0.4, -0.2) is 22.1 Å². The molecular weight excluding hydrogens is 118 g/mol. The van der Waals surface area contributed by atoms with Crippen LogP contribution in [0.4, 0.5) is 0 Å². The third-order valence-corrected chi connectivity index (χ3v) is 1.37. The number of aliphatic hydroxyl groups is 1. The van der Waals surface area contributed by atoms with Crippen LogP contribution < -0.4 is 0 Å². The average Bonchev–Trinajstić information content (AvgIpc) is 1.84. The summed E-state index contributed by atoms with van der Waals surface area (Å²) in [6.07, 6.45) is 2.36. The lowest BCUT2D eigenvalue weighted by Crippen LogP contribution is -2.22. The van der Waals surface area contributed by atoms with Crippen LogP contribution in [0.2, 0.25) is 0 Å². The van der Waals surface area contributed by atoms with Crippen LogP contribution in [-0.2, 0) is 0 Å². The standard InChI is InChI=1S/C6H13NO2/c1-3-6(2,8)4-5-7-9/h5,8-9H,3-4H2,1-2H3. The van der Waals surface area contributed by atoms with Gasteiger partial charge in [0.1, 0.15) is 0 Å². The Hall–Kier alpha value is -0.570. The Balaban J connectivity index is 3.58. The van der Waals surface area contributed by atoms with E-state index in [1.54, 1.807) is 6.92 Å². The van der Waals surface area contributed by atoms with E-state index in [-0.39, 0.29) is 0 Å². The van der Waals surface area contributed by atoms with Crippen LogP contribution in [0.3, 0.4) is 0 Å². The highest BCUT2D eigenvalue weighted by molar-refractivity contribution is 5.57. The lowest BCUT2D eigenvalue weighted by atomic mass is 10.0. The summed E-state index contributed by atoms with van der Waals surface area (Å²) in [7, 11) is 0. The van der Waals surface area contributed by atoms with Gasteiger partial charge < -0.3 is 10.3 Å². The third kappa shape index (κ3) is 3.97. The van der Waals surface area contributed by atoms with Crippen molar-refractivity contribution >= 4 is 6.21 Å². The molecule has 0 amide bonds. The summed E-state index contributed by atoms with van der Waals surface area (Å²) in [5.74, 6) is 0. The Labute approximate surface area is 55.0 Å². The molecule has 3 heteroatoms. The highest BCUT2D eigenvalue weighted by atomic mass is 16.4. The second-order valence-corrected chi connectivity index (χ2v) is 2.35. The minimum Gasteiger partial charge on any atom is -0.411 e. The van der Waals surface area contributed by atoms with Gasteiger partial charge in [-0.05, 0) is 13.3 Å². The molecule has 1 atom stereocenters. The quantitative estimate of drug-likeness (QED) is 0.341. The molecule has 0 heterocycles. The second-order valence-electron chi connectivity index (χ2n) is 2.35. The first-order valence-corrected chi connectivity index (χ1v) is 3.00. The van der Waals surface area contributed by atoms with Crippen molar-refractivity contribution in [3.05, 3.63) is 0 Å². The first-order chi connectivity index (χ1) is 4.12. The third-order valence-electron chi connectivity index (χ3n) is 1.37. The summed E-state index contributed by atoms with van der Waals surface area (Å²) in [5.41, 5.74) is -0.716. The normalized spacial score (nSPS) is 18.1. The van der Waals surface area contributed by atoms with E-state index < -0.39 is 5.60 Å². The van der Waals surface area contributed by atoms with Gasteiger partial charge >= 0.3 is 0 Å². The molecule has 0 aromatic carbocycles. The lowest BCUT2D eigenvalue weighted by molar-refractivity contribution is 0.0642. The first kappa shape index (κ1) is 8.43. The molecule has 0 rings (SSSR count). The molecule has 0 aromatic heterocycles. The molecule has 0 bridgehead atoms. The fourth-order valence-corrected chi connectivity index (χ4v) is 0.382. The molecule has 0 saturated carbocycles. The summed E-state index contributed by atoms with van der Waals surface area (Å²) in [6.45, 7) is 3.58. The van der Waals surface area contributed by atoms with Gasteiger partial charge in [0.25, 0.3) is 0 Å². The minimum atomic E-state index is -0.716. The van der Waals surface area contributed by atoms with Crippen LogP contribution in [0.5, 0.6) is 0 Å². The smallest absolute Gasteiger partial charge is 0.0667 e. The summed E-state index contributed by atoms with van der Waals surface area (Å²) in [4.78, 5) is 0. The maximum atomic E-state index is 9.25. The molecular formula is C6H13NO2. The summed E-state index contributed by atoms with van der Waals surface area (Å²) < 4.78 is 0. The van der Waals surface area contributed by atoms with Crippen molar-refractivity contribution < 1.29 is 10.3 Å². The van der Waals surface area contributed by atoms with E-state index in [1.807, 2.05) is 6.92 Å². The summed E-state index contributed by atoms with van der Waals surface area (Å²) in [6, 6.07) is 0. The van der Waals surface area contributed by atoms with Gasteiger partial charge in [0.2, 0.25) is 0 Å². The van der Waals surface area contributed by atoms with Crippen molar-refractivity contribution in [2.24, 2.45) is 5.16 Å². The van der Waals surface area contributed by atoms with E-state index in [0.717, 1.165) is 0 Å². The molecule has 1 unspecified atom stereocenters. The van der Waals surface area contributed by atoms with Gasteiger partial charge in [0.15, 0.2) is 0 Å². The van der Waals surface area contributed by atoms with E-state index >= 15 is 0 Å². The van der Waals surface area contributed by atoms with Gasteiger partial charge in [-0.3, -0.25) is 0 Å². The molecule has 0 fully saturated rings. The van der Waals surface area contributed by atoms with Crippen LogP contribution in [0, 0.1) is 0 Å². The SMILES string of the molecule is CCC(C)(O)CC=NO. The van der Waals surface area contributed by atoms with E-state index in [2.05, 4.69) is 5.16 Å². The molecule has 0 aromatic rings. The molecule has 2 N–H and O–H groups in total. The largest absolute Gasteiger partial charge is 0.411 e. The van der Waals surface area contributed by atoms with Crippen molar-refractivity contribution in [3.8, 4) is 0 Å². The summed E-state index contributed by atoms with van der Waals surface area (Å²) >= 11 is 0. The maximum Gasteiger partial charge on any atom is 0.0667 e. The number of hydrogen-bond acceptors (Lipinski definition) is 3. The van der Waals surface area contributed by atoms with Crippen LogP contribution >= 0.6 is 0 Å². The van der Waals surface area contributed by atoms with Gasteiger partial charge in [-0.1, -0.05) is 6.92 Å². The zero-order chi connectivity index (χ0) is 7.33. The average molecular weight is 131 g/mol. The minimum absolute atomic E-state index is 0.403. The topological polar surface area (TPSA) is 52.8 Å². The molecule has 0 aliphatic carbocycles. The molecule has 0 spiro atoms. The molecule has 54 valence electrons. The Morgan fingerprint density at radius 1 is 1.67 bits per heavy atom. The predicted molar refractivity (Wildman–Crippen MR) is 35.8 cm³/mol. The van der Waals surface area contributed by atoms with Gasteiger partial charge in [0.05, 0.1) is 5.60 Å². The first-order valence-electron chi connectivity index (χ1n) is 3.00. The van der Waals surface area contributed by atoms with Crippen LogP contribution in [0.15, 0.2) is 5.16 Å². The fourth-order valence-electron chi connectivity index (χ4n) is 0.382. The predicted octanol–water partition coefficient (Wildman–Crippen LogP) is 0.998. The highest BCUT2D eigenvalue weighted by Gasteiger charge is 2.14. The fraction of sp³-hybridized carbons (Fsp3) is 0.833. The Bertz CT molecular complexity index is 99.2. The molecule has 9 heavy (non-hydrogen) atoms. The molecule has 0 aliphatic rings. The molecule has 0 saturated heterocycles. The number of rotatable bonds is 3. The monoisotopic (exact) mass is 131 g/mol. The van der Waals surface area contributed by atoms with Crippen molar-refractivity contribution in [2.45, 2.75) is 32.3 Å². The molecule has 0 aliphatic heterocycles. The summed E-state index contributed by atoms with van der Waals surface area (Å²) in [5, 5.41) is 20.0. The van der Waals surface area contributed by atoms with Gasteiger partial charge in [0, 0.05) is 12.6 Å². The van der Waals surface area contributed by atoms with Crippen molar-refractivity contribution in [1.82, 2.24) is 0 Å². The maximum absolute atomic E-state index is 9.25. The Kier molecular flexibility index (Phi) is 3.24. The number of oxime groups is 1. The molecule has 0 radical (unpaired) electrons. The van der Waals surface area contributed by atoms with E-state index in [4.69, 9.17) is 5.21 Å². The van der Waals surface area contributed by atoms with Crippen molar-refractivity contribution in [1.29, 1.82) is 0 Å². The highest BCUT2D eigenvalue weighted by Crippen LogP contribution is 2.10. The van der Waals surface area contributed by atoms with Gasteiger partial charge in [-0.2, -0.15) is 0 Å². The van der Waals surface area contributed by atoms with Gasteiger partial charge in [-0.25, -0.2) is 0 Å². The van der Waals surface area contributed by atoms with E-state index in [1.165, 1.54) is 6.21 Å². The zero-order valence-corrected chi connectivity index (χ0v) is 5.83. The van der Waals surface area contributed by atoms with Gasteiger partial charge in [-0.15, -0.1) is 5.16 Å². The van der Waals surface area contributed by atoms with E-state index in [0.29, 0.717) is 12.8 Å².